The average molecular weight is 344 g/mol. The van der Waals surface area contributed by atoms with Crippen molar-refractivity contribution < 1.29 is 4.79 Å². The molecule has 0 atom stereocenters. The Bertz CT molecular complexity index is 831. The van der Waals surface area contributed by atoms with Crippen molar-refractivity contribution in [3.05, 3.63) is 90.5 Å². The first kappa shape index (κ1) is 17.9. The van der Waals surface area contributed by atoms with Crippen molar-refractivity contribution >= 4 is 11.6 Å². The number of carbonyl (C=O) groups is 1. The molecule has 0 aliphatic heterocycles. The van der Waals surface area contributed by atoms with Gasteiger partial charge < -0.3 is 5.32 Å². The number of anilines is 1. The fourth-order valence-electron chi connectivity index (χ4n) is 2.98. The lowest BCUT2D eigenvalue weighted by atomic mass is 10.0. The Labute approximate surface area is 155 Å². The predicted molar refractivity (Wildman–Crippen MR) is 108 cm³/mol. The Hall–Kier alpha value is -2.91. The van der Waals surface area contributed by atoms with E-state index in [2.05, 4.69) is 41.4 Å². The molecule has 1 N–H and O–H groups in total. The number of rotatable bonds is 7. The smallest absolute Gasteiger partial charge is 0.238 e. The topological polar surface area (TPSA) is 32.3 Å². The SMILES string of the molecule is CCN(CC(=O)Nc1ccccc1-c1ccccc1)Cc1ccccc1. The molecular formula is C23H24N2O. The fourth-order valence-corrected chi connectivity index (χ4v) is 2.98. The normalized spacial score (nSPS) is 10.7. The van der Waals surface area contributed by atoms with Gasteiger partial charge in [-0.25, -0.2) is 0 Å². The van der Waals surface area contributed by atoms with Crippen molar-refractivity contribution in [2.45, 2.75) is 13.5 Å². The Balaban J connectivity index is 1.68. The molecule has 0 heterocycles. The van der Waals surface area contributed by atoms with Gasteiger partial charge in [0.2, 0.25) is 5.91 Å². The van der Waals surface area contributed by atoms with E-state index in [1.54, 1.807) is 0 Å². The minimum Gasteiger partial charge on any atom is -0.324 e. The van der Waals surface area contributed by atoms with E-state index in [1.165, 1.54) is 5.56 Å². The lowest BCUT2D eigenvalue weighted by molar-refractivity contribution is -0.117. The third-order valence-electron chi connectivity index (χ3n) is 4.35. The van der Waals surface area contributed by atoms with Crippen LogP contribution in [0.3, 0.4) is 0 Å². The summed E-state index contributed by atoms with van der Waals surface area (Å²) in [5.74, 6) is 0.00571. The minimum absolute atomic E-state index is 0.00571. The van der Waals surface area contributed by atoms with Crippen LogP contribution < -0.4 is 5.32 Å². The van der Waals surface area contributed by atoms with E-state index < -0.39 is 0 Å². The largest absolute Gasteiger partial charge is 0.324 e. The van der Waals surface area contributed by atoms with Gasteiger partial charge in [-0.15, -0.1) is 0 Å². The fraction of sp³-hybridized carbons (Fsp3) is 0.174. The molecule has 0 bridgehead atoms. The molecule has 0 aliphatic carbocycles. The summed E-state index contributed by atoms with van der Waals surface area (Å²) in [6.07, 6.45) is 0. The Morgan fingerprint density at radius 2 is 1.46 bits per heavy atom. The molecule has 3 aromatic carbocycles. The standard InChI is InChI=1S/C23H24N2O/c1-2-25(17-19-11-5-3-6-12-19)18-23(26)24-22-16-10-9-15-21(22)20-13-7-4-8-14-20/h3-16H,2,17-18H2,1H3,(H,24,26). The summed E-state index contributed by atoms with van der Waals surface area (Å²) in [5.41, 5.74) is 4.19. The predicted octanol–water partition coefficient (Wildman–Crippen LogP) is 4.81. The molecule has 132 valence electrons. The summed E-state index contributed by atoms with van der Waals surface area (Å²) in [6.45, 7) is 4.04. The number of benzene rings is 3. The van der Waals surface area contributed by atoms with Crippen molar-refractivity contribution in [2.24, 2.45) is 0 Å². The van der Waals surface area contributed by atoms with Crippen molar-refractivity contribution in [1.82, 2.24) is 4.90 Å². The zero-order valence-electron chi connectivity index (χ0n) is 15.1. The first-order valence-corrected chi connectivity index (χ1v) is 8.97. The summed E-state index contributed by atoms with van der Waals surface area (Å²) in [6, 6.07) is 28.3. The number of nitrogens with one attached hydrogen (secondary N) is 1. The maximum atomic E-state index is 12.6. The van der Waals surface area contributed by atoms with Gasteiger partial charge in [-0.05, 0) is 23.7 Å². The Morgan fingerprint density at radius 3 is 2.15 bits per heavy atom. The highest BCUT2D eigenvalue weighted by Gasteiger charge is 2.12. The van der Waals surface area contributed by atoms with E-state index in [4.69, 9.17) is 0 Å². The van der Waals surface area contributed by atoms with Gasteiger partial charge in [-0.3, -0.25) is 9.69 Å². The molecular weight excluding hydrogens is 320 g/mol. The quantitative estimate of drug-likeness (QED) is 0.667. The molecule has 3 aromatic rings. The summed E-state index contributed by atoms with van der Waals surface area (Å²) in [7, 11) is 0. The molecule has 1 amide bonds. The van der Waals surface area contributed by atoms with E-state index >= 15 is 0 Å². The zero-order valence-corrected chi connectivity index (χ0v) is 15.1. The van der Waals surface area contributed by atoms with Gasteiger partial charge in [0.25, 0.3) is 0 Å². The highest BCUT2D eigenvalue weighted by atomic mass is 16.2. The van der Waals surface area contributed by atoms with Crippen LogP contribution in [0.2, 0.25) is 0 Å². The number of likely N-dealkylation sites (N-methyl/N-ethyl adjacent to an activating group) is 1. The molecule has 26 heavy (non-hydrogen) atoms. The second kappa shape index (κ2) is 8.97. The molecule has 0 spiro atoms. The van der Waals surface area contributed by atoms with Crippen LogP contribution in [-0.2, 0) is 11.3 Å². The highest BCUT2D eigenvalue weighted by molar-refractivity contribution is 5.96. The monoisotopic (exact) mass is 344 g/mol. The highest BCUT2D eigenvalue weighted by Crippen LogP contribution is 2.27. The van der Waals surface area contributed by atoms with Gasteiger partial charge in [-0.2, -0.15) is 0 Å². The summed E-state index contributed by atoms with van der Waals surface area (Å²) in [5, 5.41) is 3.08. The lowest BCUT2D eigenvalue weighted by Gasteiger charge is -2.20. The van der Waals surface area contributed by atoms with E-state index in [0.717, 1.165) is 29.9 Å². The van der Waals surface area contributed by atoms with Crippen LogP contribution in [0.25, 0.3) is 11.1 Å². The van der Waals surface area contributed by atoms with Crippen LogP contribution in [-0.4, -0.2) is 23.9 Å². The number of para-hydroxylation sites is 1. The van der Waals surface area contributed by atoms with Crippen molar-refractivity contribution in [2.75, 3.05) is 18.4 Å². The molecule has 0 radical (unpaired) electrons. The number of nitrogens with zero attached hydrogens (tertiary/aromatic N) is 1. The molecule has 3 nitrogen and oxygen atoms in total. The summed E-state index contributed by atoms with van der Waals surface area (Å²) >= 11 is 0. The second-order valence-electron chi connectivity index (χ2n) is 6.25. The van der Waals surface area contributed by atoms with Crippen LogP contribution >= 0.6 is 0 Å². The van der Waals surface area contributed by atoms with Crippen LogP contribution in [0.5, 0.6) is 0 Å². The molecule has 0 aliphatic rings. The lowest BCUT2D eigenvalue weighted by Crippen LogP contribution is -2.32. The summed E-state index contributed by atoms with van der Waals surface area (Å²) in [4.78, 5) is 14.7. The maximum Gasteiger partial charge on any atom is 0.238 e. The van der Waals surface area contributed by atoms with Gasteiger partial charge in [0.15, 0.2) is 0 Å². The van der Waals surface area contributed by atoms with E-state index in [9.17, 15) is 4.79 Å². The number of hydrogen-bond acceptors (Lipinski definition) is 2. The molecule has 0 aromatic heterocycles. The van der Waals surface area contributed by atoms with Gasteiger partial charge in [-0.1, -0.05) is 85.8 Å². The molecule has 0 fully saturated rings. The Kier molecular flexibility index (Phi) is 6.18. The van der Waals surface area contributed by atoms with E-state index in [-0.39, 0.29) is 5.91 Å². The van der Waals surface area contributed by atoms with Crippen LogP contribution in [0.15, 0.2) is 84.9 Å². The van der Waals surface area contributed by atoms with Gasteiger partial charge in [0.05, 0.1) is 6.54 Å². The number of amides is 1. The molecule has 3 heteroatoms. The van der Waals surface area contributed by atoms with Crippen molar-refractivity contribution in [1.29, 1.82) is 0 Å². The van der Waals surface area contributed by atoms with Gasteiger partial charge in [0, 0.05) is 17.8 Å². The first-order chi connectivity index (χ1) is 12.8. The Morgan fingerprint density at radius 1 is 0.846 bits per heavy atom. The van der Waals surface area contributed by atoms with Crippen molar-refractivity contribution in [3.8, 4) is 11.1 Å². The van der Waals surface area contributed by atoms with Gasteiger partial charge in [0.1, 0.15) is 0 Å². The van der Waals surface area contributed by atoms with Crippen LogP contribution in [0.4, 0.5) is 5.69 Å². The number of hydrogen-bond donors (Lipinski definition) is 1. The van der Waals surface area contributed by atoms with E-state index in [0.29, 0.717) is 6.54 Å². The third kappa shape index (κ3) is 4.80. The zero-order chi connectivity index (χ0) is 18.2. The minimum atomic E-state index is 0.00571. The first-order valence-electron chi connectivity index (χ1n) is 8.97. The van der Waals surface area contributed by atoms with Crippen LogP contribution in [0.1, 0.15) is 12.5 Å². The maximum absolute atomic E-state index is 12.6. The molecule has 0 unspecified atom stereocenters. The van der Waals surface area contributed by atoms with Crippen molar-refractivity contribution in [3.63, 3.8) is 0 Å². The van der Waals surface area contributed by atoms with E-state index in [1.807, 2.05) is 60.7 Å². The van der Waals surface area contributed by atoms with Gasteiger partial charge >= 0.3 is 0 Å². The molecule has 0 saturated heterocycles. The number of carbonyl (C=O) groups excluding carboxylic acids is 1. The van der Waals surface area contributed by atoms with Crippen LogP contribution in [0, 0.1) is 0 Å². The summed E-state index contributed by atoms with van der Waals surface area (Å²) < 4.78 is 0. The second-order valence-corrected chi connectivity index (χ2v) is 6.25. The third-order valence-corrected chi connectivity index (χ3v) is 4.35. The molecule has 3 rings (SSSR count). The molecule has 0 saturated carbocycles. The average Bonchev–Trinajstić information content (AvgIpc) is 2.69.